The van der Waals surface area contributed by atoms with Crippen molar-refractivity contribution < 1.29 is 0 Å². The molecule has 2 aromatic heterocycles. The molecule has 0 atom stereocenters. The molecule has 0 aliphatic rings. The summed E-state index contributed by atoms with van der Waals surface area (Å²) in [6, 6.07) is 1.77. The lowest BCUT2D eigenvalue weighted by molar-refractivity contribution is 0.581. The van der Waals surface area contributed by atoms with Crippen molar-refractivity contribution in [2.24, 2.45) is 0 Å². The molecule has 0 aliphatic carbocycles. The lowest BCUT2D eigenvalue weighted by atomic mass is 10.3. The van der Waals surface area contributed by atoms with E-state index in [1.165, 1.54) is 0 Å². The molecule has 0 aliphatic heterocycles. The van der Waals surface area contributed by atoms with Crippen molar-refractivity contribution in [3.05, 3.63) is 33.0 Å². The highest BCUT2D eigenvalue weighted by Crippen LogP contribution is 2.10. The molecule has 0 fully saturated rings. The number of aromatic amines is 1. The van der Waals surface area contributed by atoms with Crippen LogP contribution >= 0.6 is 12.2 Å². The minimum Gasteiger partial charge on any atom is -0.343 e. The zero-order valence-electron chi connectivity index (χ0n) is 9.44. The van der Waals surface area contributed by atoms with E-state index in [4.69, 9.17) is 12.2 Å². The maximum Gasteiger partial charge on any atom is 0.201 e. The first-order valence-electron chi connectivity index (χ1n) is 5.12. The van der Waals surface area contributed by atoms with Crippen LogP contribution in [0.25, 0.3) is 11.0 Å². The Labute approximate surface area is 98.0 Å². The first kappa shape index (κ1) is 11.0. The average molecular weight is 235 g/mol. The van der Waals surface area contributed by atoms with E-state index in [9.17, 15) is 4.79 Å². The van der Waals surface area contributed by atoms with Gasteiger partial charge in [0.05, 0.1) is 5.39 Å². The first-order valence-corrected chi connectivity index (χ1v) is 5.52. The molecule has 0 saturated carbocycles. The molecule has 0 bridgehead atoms. The highest BCUT2D eigenvalue weighted by atomic mass is 32.1. The Morgan fingerprint density at radius 2 is 2.19 bits per heavy atom. The van der Waals surface area contributed by atoms with Gasteiger partial charge in [-0.2, -0.15) is 0 Å². The van der Waals surface area contributed by atoms with Crippen LogP contribution < -0.4 is 5.43 Å². The Morgan fingerprint density at radius 3 is 2.81 bits per heavy atom. The van der Waals surface area contributed by atoms with E-state index in [0.717, 1.165) is 5.69 Å². The smallest absolute Gasteiger partial charge is 0.201 e. The van der Waals surface area contributed by atoms with Crippen LogP contribution in [0.4, 0.5) is 0 Å². The summed E-state index contributed by atoms with van der Waals surface area (Å²) in [5.74, 6) is 0. The van der Waals surface area contributed by atoms with Gasteiger partial charge >= 0.3 is 0 Å². The summed E-state index contributed by atoms with van der Waals surface area (Å²) in [4.78, 5) is 19.1. The Balaban J connectivity index is 2.90. The molecule has 16 heavy (non-hydrogen) atoms. The first-order chi connectivity index (χ1) is 7.49. The zero-order valence-corrected chi connectivity index (χ0v) is 10.3. The van der Waals surface area contributed by atoms with Crippen molar-refractivity contribution in [2.75, 3.05) is 0 Å². The predicted molar refractivity (Wildman–Crippen MR) is 66.3 cm³/mol. The molecular weight excluding hydrogens is 222 g/mol. The van der Waals surface area contributed by atoms with Crippen LogP contribution in [0.2, 0.25) is 0 Å². The quantitative estimate of drug-likeness (QED) is 0.772. The Kier molecular flexibility index (Phi) is 2.63. The number of rotatable bonds is 1. The summed E-state index contributed by atoms with van der Waals surface area (Å²) in [6.45, 7) is 5.84. The molecule has 5 heteroatoms. The van der Waals surface area contributed by atoms with Crippen LogP contribution in [-0.4, -0.2) is 14.5 Å². The fourth-order valence-corrected chi connectivity index (χ4v) is 1.97. The summed E-state index contributed by atoms with van der Waals surface area (Å²) in [6.07, 6.45) is 1.77. The second-order valence-corrected chi connectivity index (χ2v) is 4.47. The minimum absolute atomic E-state index is 0.0249. The Bertz CT molecular complexity index is 654. The number of H-pyrrole nitrogens is 1. The van der Waals surface area contributed by atoms with Gasteiger partial charge in [-0.1, -0.05) is 0 Å². The van der Waals surface area contributed by atoms with Gasteiger partial charge in [-0.3, -0.25) is 4.79 Å². The summed E-state index contributed by atoms with van der Waals surface area (Å²) < 4.78 is 2.31. The van der Waals surface area contributed by atoms with Gasteiger partial charge in [-0.15, -0.1) is 0 Å². The van der Waals surface area contributed by atoms with Gasteiger partial charge in [0, 0.05) is 24.0 Å². The molecule has 2 rings (SSSR count). The fourth-order valence-electron chi connectivity index (χ4n) is 1.61. The molecule has 0 saturated heterocycles. The van der Waals surface area contributed by atoms with E-state index in [2.05, 4.69) is 9.97 Å². The van der Waals surface area contributed by atoms with E-state index in [-0.39, 0.29) is 11.5 Å². The number of hydrogen-bond donors (Lipinski definition) is 1. The standard InChI is InChI=1S/C11H13N3OS/c1-6(2)14-5-8-9(15)4-7(3)12-10(8)13-11(14)16/h4-6H,1-3H3,(H,12,13,16). The van der Waals surface area contributed by atoms with Gasteiger partial charge in [0.25, 0.3) is 0 Å². The van der Waals surface area contributed by atoms with Crippen LogP contribution in [-0.2, 0) is 0 Å². The second kappa shape index (κ2) is 3.83. The fraction of sp³-hybridized carbons (Fsp3) is 0.364. The third-order valence-corrected chi connectivity index (χ3v) is 2.74. The number of nitrogens with zero attached hydrogens (tertiary/aromatic N) is 2. The van der Waals surface area contributed by atoms with E-state index >= 15 is 0 Å². The maximum absolute atomic E-state index is 11.8. The SMILES string of the molecule is Cc1cc(=O)c2cn(C(C)C)c(=S)nc2[nH]1. The highest BCUT2D eigenvalue weighted by Gasteiger charge is 2.05. The lowest BCUT2D eigenvalue weighted by Crippen LogP contribution is -2.11. The molecule has 0 spiro atoms. The van der Waals surface area contributed by atoms with Crippen LogP contribution in [0.3, 0.4) is 0 Å². The van der Waals surface area contributed by atoms with Crippen LogP contribution in [0.1, 0.15) is 25.6 Å². The summed E-state index contributed by atoms with van der Waals surface area (Å²) in [5, 5.41) is 0.577. The van der Waals surface area contributed by atoms with Crippen molar-refractivity contribution in [1.29, 1.82) is 0 Å². The highest BCUT2D eigenvalue weighted by molar-refractivity contribution is 7.71. The number of fused-ring (bicyclic) bond motifs is 1. The van der Waals surface area contributed by atoms with Gasteiger partial charge in [-0.25, -0.2) is 4.98 Å². The van der Waals surface area contributed by atoms with Crippen LogP contribution in [0.5, 0.6) is 0 Å². The topological polar surface area (TPSA) is 50.7 Å². The molecule has 0 aromatic carbocycles. The van der Waals surface area contributed by atoms with Crippen molar-refractivity contribution >= 4 is 23.3 Å². The maximum atomic E-state index is 11.8. The number of hydrogen-bond acceptors (Lipinski definition) is 3. The molecule has 0 amide bonds. The van der Waals surface area contributed by atoms with Crippen molar-refractivity contribution in [3.8, 4) is 0 Å². The normalized spacial score (nSPS) is 11.2. The van der Waals surface area contributed by atoms with Crippen LogP contribution in [0.15, 0.2) is 17.1 Å². The number of nitrogens with one attached hydrogen (secondary N) is 1. The zero-order chi connectivity index (χ0) is 11.9. The summed E-state index contributed by atoms with van der Waals surface area (Å²) in [7, 11) is 0. The van der Waals surface area contributed by atoms with Gasteiger partial charge in [0.2, 0.25) is 4.77 Å². The predicted octanol–water partition coefficient (Wildman–Crippen LogP) is 2.34. The summed E-state index contributed by atoms with van der Waals surface area (Å²) >= 11 is 5.17. The van der Waals surface area contributed by atoms with Crippen molar-refractivity contribution in [3.63, 3.8) is 0 Å². The Morgan fingerprint density at radius 1 is 1.50 bits per heavy atom. The molecule has 4 nitrogen and oxygen atoms in total. The van der Waals surface area contributed by atoms with Gasteiger partial charge < -0.3 is 9.55 Å². The molecular formula is C11H13N3OS. The third kappa shape index (κ3) is 1.78. The van der Waals surface area contributed by atoms with Crippen molar-refractivity contribution in [2.45, 2.75) is 26.8 Å². The van der Waals surface area contributed by atoms with Gasteiger partial charge in [-0.05, 0) is 33.0 Å². The van der Waals surface area contributed by atoms with Crippen molar-refractivity contribution in [1.82, 2.24) is 14.5 Å². The summed E-state index contributed by atoms with van der Waals surface area (Å²) in [5.41, 5.74) is 1.33. The van der Waals surface area contributed by atoms with E-state index in [1.54, 1.807) is 12.3 Å². The third-order valence-electron chi connectivity index (χ3n) is 2.44. The number of pyridine rings is 1. The molecule has 0 unspecified atom stereocenters. The van der Waals surface area contributed by atoms with Crippen LogP contribution in [0, 0.1) is 11.7 Å². The number of aromatic nitrogens is 3. The van der Waals surface area contributed by atoms with E-state index in [1.807, 2.05) is 25.3 Å². The monoisotopic (exact) mass is 235 g/mol. The molecule has 1 N–H and O–H groups in total. The molecule has 2 aromatic rings. The van der Waals surface area contributed by atoms with Gasteiger partial charge in [0.1, 0.15) is 5.65 Å². The Hall–Kier alpha value is -1.49. The second-order valence-electron chi connectivity index (χ2n) is 4.10. The molecule has 84 valence electrons. The molecule has 0 radical (unpaired) electrons. The lowest BCUT2D eigenvalue weighted by Gasteiger charge is -2.11. The largest absolute Gasteiger partial charge is 0.343 e. The van der Waals surface area contributed by atoms with E-state index < -0.39 is 0 Å². The number of aryl methyl sites for hydroxylation is 1. The average Bonchev–Trinajstić information content (AvgIpc) is 2.15. The molecule has 2 heterocycles. The van der Waals surface area contributed by atoms with E-state index in [0.29, 0.717) is 15.8 Å². The van der Waals surface area contributed by atoms with Gasteiger partial charge in [0.15, 0.2) is 5.43 Å². The minimum atomic E-state index is -0.0249.